The Labute approximate surface area is 168 Å². The lowest BCUT2D eigenvalue weighted by atomic mass is 9.96. The van der Waals surface area contributed by atoms with Crippen molar-refractivity contribution in [3.63, 3.8) is 0 Å². The van der Waals surface area contributed by atoms with Gasteiger partial charge in [-0.05, 0) is 50.5 Å². The maximum atomic E-state index is 12.9. The number of likely N-dealkylation sites (tertiary alicyclic amines) is 1. The highest BCUT2D eigenvalue weighted by molar-refractivity contribution is 5.96. The molecule has 8 heteroatoms. The second-order valence-electron chi connectivity index (χ2n) is 7.43. The molecule has 2 N–H and O–H groups in total. The second-order valence-corrected chi connectivity index (χ2v) is 7.43. The second kappa shape index (κ2) is 7.54. The number of nitrogens with one attached hydrogen (secondary N) is 1. The molecule has 0 bridgehead atoms. The molecule has 8 nitrogen and oxygen atoms in total. The van der Waals surface area contributed by atoms with E-state index in [1.807, 2.05) is 36.6 Å². The van der Waals surface area contributed by atoms with Crippen LogP contribution >= 0.6 is 0 Å². The van der Waals surface area contributed by atoms with Gasteiger partial charge in [0.2, 0.25) is 0 Å². The molecule has 1 aliphatic heterocycles. The van der Waals surface area contributed by atoms with Gasteiger partial charge in [-0.25, -0.2) is 9.97 Å². The van der Waals surface area contributed by atoms with Crippen molar-refractivity contribution in [3.05, 3.63) is 53.6 Å². The fraction of sp³-hybridized carbons (Fsp3) is 0.333. The SMILES string of the molecule is Cc1cc(Nc2nccn3c(C)cnc23)ccc1C(=O)N1CCC(C(=O)O)CC1. The van der Waals surface area contributed by atoms with E-state index in [1.165, 1.54) is 0 Å². The standard InChI is InChI=1S/C21H23N5O3/c1-13-11-16(24-18-19-23-12-14(2)26(19)10-7-22-18)3-4-17(13)20(27)25-8-5-15(6-9-25)21(28)29/h3-4,7,10-12,15H,5-6,8-9H2,1-2H3,(H,22,24)(H,28,29). The first kappa shape index (κ1) is 18.9. The first-order chi connectivity index (χ1) is 13.9. The van der Waals surface area contributed by atoms with E-state index < -0.39 is 5.97 Å². The van der Waals surface area contributed by atoms with Crippen LogP contribution in [0, 0.1) is 19.8 Å². The van der Waals surface area contributed by atoms with Gasteiger partial charge in [0, 0.05) is 48.6 Å². The largest absolute Gasteiger partial charge is 0.481 e. The minimum absolute atomic E-state index is 0.0537. The van der Waals surface area contributed by atoms with Gasteiger partial charge in [0.15, 0.2) is 11.5 Å². The van der Waals surface area contributed by atoms with Crippen molar-refractivity contribution >= 4 is 29.0 Å². The molecule has 1 fully saturated rings. The molecule has 2 aromatic heterocycles. The van der Waals surface area contributed by atoms with Crippen molar-refractivity contribution in [1.82, 2.24) is 19.3 Å². The van der Waals surface area contributed by atoms with E-state index in [4.69, 9.17) is 5.11 Å². The zero-order chi connectivity index (χ0) is 20.5. The van der Waals surface area contributed by atoms with Crippen LogP contribution < -0.4 is 5.32 Å². The van der Waals surface area contributed by atoms with Crippen LogP contribution in [0.4, 0.5) is 11.5 Å². The average molecular weight is 393 g/mol. The number of aryl methyl sites for hydroxylation is 2. The minimum atomic E-state index is -0.778. The quantitative estimate of drug-likeness (QED) is 0.707. The van der Waals surface area contributed by atoms with Crippen molar-refractivity contribution in [2.75, 3.05) is 18.4 Å². The number of carboxylic acid groups (broad SMARTS) is 1. The average Bonchev–Trinajstić information content (AvgIpc) is 3.10. The van der Waals surface area contributed by atoms with E-state index in [9.17, 15) is 9.59 Å². The number of aliphatic carboxylic acids is 1. The normalized spacial score (nSPS) is 14.9. The van der Waals surface area contributed by atoms with Gasteiger partial charge in [-0.1, -0.05) is 0 Å². The number of anilines is 2. The van der Waals surface area contributed by atoms with E-state index in [1.54, 1.807) is 23.4 Å². The number of aromatic nitrogens is 3. The van der Waals surface area contributed by atoms with Crippen LogP contribution in [0.3, 0.4) is 0 Å². The molecule has 4 rings (SSSR count). The number of carboxylic acids is 1. The van der Waals surface area contributed by atoms with Crippen LogP contribution in [-0.4, -0.2) is 49.3 Å². The zero-order valence-electron chi connectivity index (χ0n) is 16.4. The molecule has 0 radical (unpaired) electrons. The highest BCUT2D eigenvalue weighted by Gasteiger charge is 2.28. The van der Waals surface area contributed by atoms with E-state index in [0.717, 1.165) is 22.6 Å². The highest BCUT2D eigenvalue weighted by atomic mass is 16.4. The molecule has 1 aromatic carbocycles. The first-order valence-electron chi connectivity index (χ1n) is 9.62. The lowest BCUT2D eigenvalue weighted by Gasteiger charge is -2.30. The number of fused-ring (bicyclic) bond motifs is 1. The number of rotatable bonds is 4. The summed E-state index contributed by atoms with van der Waals surface area (Å²) < 4.78 is 1.96. The van der Waals surface area contributed by atoms with Gasteiger partial charge in [-0.15, -0.1) is 0 Å². The molecule has 0 unspecified atom stereocenters. The van der Waals surface area contributed by atoms with Gasteiger partial charge >= 0.3 is 5.97 Å². The third-order valence-corrected chi connectivity index (χ3v) is 5.46. The molecule has 150 valence electrons. The Kier molecular flexibility index (Phi) is 4.92. The van der Waals surface area contributed by atoms with Gasteiger partial charge in [0.25, 0.3) is 5.91 Å². The van der Waals surface area contributed by atoms with Crippen LogP contribution in [0.25, 0.3) is 5.65 Å². The van der Waals surface area contributed by atoms with Crippen molar-refractivity contribution in [1.29, 1.82) is 0 Å². The van der Waals surface area contributed by atoms with Gasteiger partial charge < -0.3 is 15.3 Å². The molecular formula is C21H23N5O3. The van der Waals surface area contributed by atoms with Crippen molar-refractivity contribution in [2.24, 2.45) is 5.92 Å². The summed E-state index contributed by atoms with van der Waals surface area (Å²) >= 11 is 0. The fourth-order valence-electron chi connectivity index (χ4n) is 3.75. The summed E-state index contributed by atoms with van der Waals surface area (Å²) in [6.07, 6.45) is 6.37. The van der Waals surface area contributed by atoms with Crippen LogP contribution in [0.5, 0.6) is 0 Å². The molecule has 1 amide bonds. The number of carbonyl (C=O) groups is 2. The van der Waals surface area contributed by atoms with Crippen LogP contribution in [0.2, 0.25) is 0 Å². The number of nitrogens with zero attached hydrogens (tertiary/aromatic N) is 4. The van der Waals surface area contributed by atoms with E-state index in [2.05, 4.69) is 15.3 Å². The number of benzene rings is 1. The number of hydrogen-bond acceptors (Lipinski definition) is 5. The Morgan fingerprint density at radius 1 is 1.17 bits per heavy atom. The summed E-state index contributed by atoms with van der Waals surface area (Å²) in [6.45, 7) is 4.82. The predicted molar refractivity (Wildman–Crippen MR) is 108 cm³/mol. The molecule has 3 heterocycles. The molecule has 0 aliphatic carbocycles. The van der Waals surface area contributed by atoms with E-state index >= 15 is 0 Å². The Bertz CT molecular complexity index is 1080. The van der Waals surface area contributed by atoms with Crippen molar-refractivity contribution in [2.45, 2.75) is 26.7 Å². The number of carbonyl (C=O) groups excluding carboxylic acids is 1. The molecule has 29 heavy (non-hydrogen) atoms. The number of piperidine rings is 1. The molecule has 0 atom stereocenters. The summed E-state index contributed by atoms with van der Waals surface area (Å²) in [4.78, 5) is 34.5. The highest BCUT2D eigenvalue weighted by Crippen LogP contribution is 2.24. The topological polar surface area (TPSA) is 99.8 Å². The molecule has 0 saturated carbocycles. The maximum Gasteiger partial charge on any atom is 0.306 e. The number of hydrogen-bond donors (Lipinski definition) is 2. The Morgan fingerprint density at radius 2 is 1.93 bits per heavy atom. The van der Waals surface area contributed by atoms with Gasteiger partial charge in [0.1, 0.15) is 0 Å². The predicted octanol–water partition coefficient (Wildman–Crippen LogP) is 3.03. The smallest absolute Gasteiger partial charge is 0.306 e. The summed E-state index contributed by atoms with van der Waals surface area (Å²) in [5.74, 6) is -0.537. The number of imidazole rings is 1. The van der Waals surface area contributed by atoms with Crippen molar-refractivity contribution in [3.8, 4) is 0 Å². The Morgan fingerprint density at radius 3 is 2.62 bits per heavy atom. The van der Waals surface area contributed by atoms with Gasteiger partial charge in [-0.3, -0.25) is 14.0 Å². The summed E-state index contributed by atoms with van der Waals surface area (Å²) in [6, 6.07) is 5.57. The number of amides is 1. The zero-order valence-corrected chi connectivity index (χ0v) is 16.4. The summed E-state index contributed by atoms with van der Waals surface area (Å²) in [5.41, 5.74) is 4.07. The Balaban J connectivity index is 1.51. The molecule has 0 spiro atoms. The fourth-order valence-corrected chi connectivity index (χ4v) is 3.75. The van der Waals surface area contributed by atoms with Crippen LogP contribution in [0.1, 0.15) is 34.5 Å². The molecule has 1 saturated heterocycles. The monoisotopic (exact) mass is 393 g/mol. The molecule has 1 aliphatic rings. The molecule has 3 aromatic rings. The van der Waals surface area contributed by atoms with E-state index in [0.29, 0.717) is 37.3 Å². The Hall–Kier alpha value is -3.42. The van der Waals surface area contributed by atoms with Gasteiger partial charge in [0.05, 0.1) is 5.92 Å². The van der Waals surface area contributed by atoms with E-state index in [-0.39, 0.29) is 11.8 Å². The lowest BCUT2D eigenvalue weighted by Crippen LogP contribution is -2.40. The maximum absolute atomic E-state index is 12.9. The van der Waals surface area contributed by atoms with Gasteiger partial charge in [-0.2, -0.15) is 0 Å². The lowest BCUT2D eigenvalue weighted by molar-refractivity contribution is -0.143. The minimum Gasteiger partial charge on any atom is -0.481 e. The third-order valence-electron chi connectivity index (χ3n) is 5.46. The van der Waals surface area contributed by atoms with Crippen molar-refractivity contribution < 1.29 is 14.7 Å². The summed E-state index contributed by atoms with van der Waals surface area (Å²) in [7, 11) is 0. The van der Waals surface area contributed by atoms with Crippen LogP contribution in [0.15, 0.2) is 36.8 Å². The summed E-state index contributed by atoms with van der Waals surface area (Å²) in [5, 5.41) is 12.4. The first-order valence-corrected chi connectivity index (χ1v) is 9.62. The van der Waals surface area contributed by atoms with Crippen LogP contribution in [-0.2, 0) is 4.79 Å². The molecular weight excluding hydrogens is 370 g/mol. The third kappa shape index (κ3) is 3.65.